The number of nitrogens with zero attached hydrogens (tertiary/aromatic N) is 1. The quantitative estimate of drug-likeness (QED) is 0.654. The molecule has 0 atom stereocenters. The summed E-state index contributed by atoms with van der Waals surface area (Å²) in [7, 11) is 1.52. The second kappa shape index (κ2) is 7.32. The zero-order valence-corrected chi connectivity index (χ0v) is 16.2. The molecule has 0 saturated carbocycles. The van der Waals surface area contributed by atoms with Crippen LogP contribution in [-0.2, 0) is 9.59 Å². The van der Waals surface area contributed by atoms with Crippen molar-refractivity contribution in [3.8, 4) is 5.75 Å². The van der Waals surface area contributed by atoms with Gasteiger partial charge in [0.25, 0.3) is 11.8 Å². The Hall–Kier alpha value is -3.38. The van der Waals surface area contributed by atoms with Crippen LogP contribution >= 0.6 is 11.3 Å². The lowest BCUT2D eigenvalue weighted by atomic mass is 10.1. The van der Waals surface area contributed by atoms with Crippen LogP contribution < -0.4 is 15.0 Å². The Morgan fingerprint density at radius 3 is 2.43 bits per heavy atom. The number of carbonyl (C=O) groups excluding carboxylic acids is 2. The molecule has 28 heavy (non-hydrogen) atoms. The first-order chi connectivity index (χ1) is 13.6. The molecule has 140 valence electrons. The van der Waals surface area contributed by atoms with Gasteiger partial charge < -0.3 is 10.1 Å². The van der Waals surface area contributed by atoms with Crippen molar-refractivity contribution >= 4 is 40.1 Å². The normalized spacial score (nSPS) is 14.0. The third-order valence-corrected chi connectivity index (χ3v) is 5.36. The van der Waals surface area contributed by atoms with Crippen LogP contribution in [0.3, 0.4) is 0 Å². The molecule has 0 spiro atoms. The number of rotatable bonds is 5. The van der Waals surface area contributed by atoms with Gasteiger partial charge in [0.2, 0.25) is 0 Å². The zero-order chi connectivity index (χ0) is 19.7. The van der Waals surface area contributed by atoms with E-state index in [2.05, 4.69) is 5.32 Å². The van der Waals surface area contributed by atoms with Crippen molar-refractivity contribution in [3.63, 3.8) is 0 Å². The Morgan fingerprint density at radius 1 is 0.964 bits per heavy atom. The topological polar surface area (TPSA) is 58.6 Å². The number of hydrogen-bond donors (Lipinski definition) is 1. The Bertz CT molecular complexity index is 1070. The highest BCUT2D eigenvalue weighted by Crippen LogP contribution is 2.39. The highest BCUT2D eigenvalue weighted by Gasteiger charge is 2.41. The molecular weight excluding hydrogens is 372 g/mol. The molecule has 0 unspecified atom stereocenters. The highest BCUT2D eigenvalue weighted by molar-refractivity contribution is 7.11. The molecule has 0 radical (unpaired) electrons. The minimum Gasteiger partial charge on any atom is -0.495 e. The van der Waals surface area contributed by atoms with Gasteiger partial charge in [0.1, 0.15) is 11.4 Å². The van der Waals surface area contributed by atoms with E-state index in [0.717, 1.165) is 16.1 Å². The minimum absolute atomic E-state index is 0.266. The summed E-state index contributed by atoms with van der Waals surface area (Å²) in [6.07, 6.45) is 0. The molecule has 3 aromatic rings. The number of anilines is 2. The Morgan fingerprint density at radius 2 is 1.75 bits per heavy atom. The van der Waals surface area contributed by atoms with E-state index in [1.165, 1.54) is 23.3 Å². The number of ether oxygens (including phenoxy) is 1. The van der Waals surface area contributed by atoms with Gasteiger partial charge in [-0.15, -0.1) is 11.3 Å². The molecule has 1 aromatic heterocycles. The fourth-order valence-electron chi connectivity index (χ4n) is 3.15. The van der Waals surface area contributed by atoms with Gasteiger partial charge in [-0.25, -0.2) is 4.90 Å². The largest absolute Gasteiger partial charge is 0.495 e. The van der Waals surface area contributed by atoms with Crippen molar-refractivity contribution in [2.24, 2.45) is 0 Å². The van der Waals surface area contributed by atoms with Gasteiger partial charge in [0.05, 0.1) is 18.4 Å². The van der Waals surface area contributed by atoms with Gasteiger partial charge in [-0.1, -0.05) is 30.3 Å². The number of imide groups is 1. The summed E-state index contributed by atoms with van der Waals surface area (Å²) in [6, 6.07) is 18.5. The van der Waals surface area contributed by atoms with Crippen molar-refractivity contribution < 1.29 is 14.3 Å². The molecule has 1 aliphatic heterocycles. The van der Waals surface area contributed by atoms with Gasteiger partial charge in [-0.05, 0) is 48.2 Å². The highest BCUT2D eigenvalue weighted by atomic mass is 32.1. The van der Waals surface area contributed by atoms with Crippen LogP contribution in [0, 0.1) is 6.92 Å². The molecule has 0 bridgehead atoms. The van der Waals surface area contributed by atoms with Crippen molar-refractivity contribution in [1.82, 2.24) is 0 Å². The molecule has 4 rings (SSSR count). The molecule has 2 amide bonds. The third kappa shape index (κ3) is 3.08. The van der Waals surface area contributed by atoms with Crippen molar-refractivity contribution in [2.75, 3.05) is 17.3 Å². The molecule has 5 nitrogen and oxygen atoms in total. The molecule has 2 heterocycles. The van der Waals surface area contributed by atoms with Crippen LogP contribution in [0.5, 0.6) is 5.75 Å². The van der Waals surface area contributed by atoms with Crippen LogP contribution in [0.15, 0.2) is 71.7 Å². The predicted octanol–water partition coefficient (Wildman–Crippen LogP) is 4.46. The van der Waals surface area contributed by atoms with E-state index in [4.69, 9.17) is 4.74 Å². The third-order valence-electron chi connectivity index (χ3n) is 4.47. The summed E-state index contributed by atoms with van der Waals surface area (Å²) in [5, 5.41) is 5.03. The maximum absolute atomic E-state index is 13.4. The van der Waals surface area contributed by atoms with Crippen molar-refractivity contribution in [1.29, 1.82) is 0 Å². The van der Waals surface area contributed by atoms with Crippen LogP contribution in [0.25, 0.3) is 5.57 Å². The molecule has 0 aliphatic carbocycles. The summed E-state index contributed by atoms with van der Waals surface area (Å²) in [6.45, 7) is 1.91. The van der Waals surface area contributed by atoms with Gasteiger partial charge in [0.15, 0.2) is 0 Å². The SMILES string of the molecule is COc1ccc(C)cc1N1C(=O)C(Nc2ccccc2)=C(c2cccs2)C1=O. The van der Waals surface area contributed by atoms with Crippen molar-refractivity contribution in [2.45, 2.75) is 6.92 Å². The molecule has 0 fully saturated rings. The predicted molar refractivity (Wildman–Crippen MR) is 112 cm³/mol. The lowest BCUT2D eigenvalue weighted by Crippen LogP contribution is -2.32. The number of amides is 2. The summed E-state index contributed by atoms with van der Waals surface area (Å²) in [4.78, 5) is 28.6. The first kappa shape index (κ1) is 18.0. The van der Waals surface area contributed by atoms with E-state index in [0.29, 0.717) is 17.0 Å². The van der Waals surface area contributed by atoms with E-state index in [1.807, 2.05) is 60.8 Å². The van der Waals surface area contributed by atoms with E-state index in [9.17, 15) is 9.59 Å². The average molecular weight is 390 g/mol. The van der Waals surface area contributed by atoms with Crippen LogP contribution in [-0.4, -0.2) is 18.9 Å². The number of nitrogens with one attached hydrogen (secondary N) is 1. The standard InChI is InChI=1S/C22H18N2O3S/c1-14-10-11-17(27-2)16(13-14)24-21(25)19(18-9-6-12-28-18)20(22(24)26)23-15-7-4-3-5-8-15/h3-13,23H,1-2H3. The van der Waals surface area contributed by atoms with Crippen LogP contribution in [0.4, 0.5) is 11.4 Å². The van der Waals surface area contributed by atoms with Gasteiger partial charge >= 0.3 is 0 Å². The number of methoxy groups -OCH3 is 1. The maximum Gasteiger partial charge on any atom is 0.282 e. The van der Waals surface area contributed by atoms with Gasteiger partial charge in [-0.3, -0.25) is 9.59 Å². The molecule has 1 aliphatic rings. The maximum atomic E-state index is 13.4. The van der Waals surface area contributed by atoms with Crippen LogP contribution in [0.2, 0.25) is 0 Å². The van der Waals surface area contributed by atoms with E-state index < -0.39 is 5.91 Å². The van der Waals surface area contributed by atoms with E-state index in [-0.39, 0.29) is 11.6 Å². The van der Waals surface area contributed by atoms with E-state index >= 15 is 0 Å². The summed E-state index contributed by atoms with van der Waals surface area (Å²) in [5.41, 5.74) is 2.75. The number of para-hydroxylation sites is 1. The first-order valence-electron chi connectivity index (χ1n) is 8.74. The second-order valence-electron chi connectivity index (χ2n) is 6.34. The van der Waals surface area contributed by atoms with Gasteiger partial charge in [-0.2, -0.15) is 0 Å². The smallest absolute Gasteiger partial charge is 0.282 e. The summed E-state index contributed by atoms with van der Waals surface area (Å²) >= 11 is 1.42. The zero-order valence-electron chi connectivity index (χ0n) is 15.4. The lowest BCUT2D eigenvalue weighted by molar-refractivity contribution is -0.120. The monoisotopic (exact) mass is 390 g/mol. The Labute approximate surface area is 166 Å². The molecule has 2 aromatic carbocycles. The minimum atomic E-state index is -0.402. The number of hydrogen-bond acceptors (Lipinski definition) is 5. The number of benzene rings is 2. The molecular formula is C22H18N2O3S. The number of thiophene rings is 1. The Kier molecular flexibility index (Phi) is 4.71. The van der Waals surface area contributed by atoms with Crippen LogP contribution in [0.1, 0.15) is 10.4 Å². The number of aryl methyl sites for hydroxylation is 1. The number of carbonyl (C=O) groups is 2. The summed E-state index contributed by atoms with van der Waals surface area (Å²) < 4.78 is 5.41. The fraction of sp³-hybridized carbons (Fsp3) is 0.0909. The van der Waals surface area contributed by atoms with Gasteiger partial charge in [0, 0.05) is 10.6 Å². The van der Waals surface area contributed by atoms with Crippen molar-refractivity contribution in [3.05, 3.63) is 82.2 Å². The fourth-order valence-corrected chi connectivity index (χ4v) is 3.92. The Balaban J connectivity index is 1.84. The second-order valence-corrected chi connectivity index (χ2v) is 7.29. The lowest BCUT2D eigenvalue weighted by Gasteiger charge is -2.19. The first-order valence-corrected chi connectivity index (χ1v) is 9.61. The molecule has 1 N–H and O–H groups in total. The average Bonchev–Trinajstić information content (AvgIpc) is 3.30. The molecule has 6 heteroatoms. The van der Waals surface area contributed by atoms with E-state index in [1.54, 1.807) is 12.1 Å². The summed E-state index contributed by atoms with van der Waals surface area (Å²) in [5.74, 6) is -0.297. The molecule has 0 saturated heterocycles.